The summed E-state index contributed by atoms with van der Waals surface area (Å²) >= 11 is 0. The third-order valence-corrected chi connectivity index (χ3v) is 9.64. The predicted molar refractivity (Wildman–Crippen MR) is 198 cm³/mol. The molecule has 12 heteroatoms. The first-order valence-electron chi connectivity index (χ1n) is 17.9. The molecule has 0 bridgehead atoms. The molecule has 0 aromatic heterocycles. The lowest BCUT2D eigenvalue weighted by atomic mass is 9.76. The number of aryl methyl sites for hydroxylation is 3. The van der Waals surface area contributed by atoms with Gasteiger partial charge in [0.05, 0.1) is 37.4 Å². The molecule has 4 aromatic carbocycles. The van der Waals surface area contributed by atoms with E-state index in [1.807, 2.05) is 30.3 Å². The summed E-state index contributed by atoms with van der Waals surface area (Å²) in [6, 6.07) is 24.4. The van der Waals surface area contributed by atoms with E-state index in [-0.39, 0.29) is 22.9 Å². The van der Waals surface area contributed by atoms with Gasteiger partial charge in [-0.1, -0.05) is 72.5 Å². The van der Waals surface area contributed by atoms with Crippen molar-refractivity contribution in [3.63, 3.8) is 0 Å². The number of para-hydroxylation sites is 1. The van der Waals surface area contributed by atoms with Crippen molar-refractivity contribution in [2.45, 2.75) is 70.7 Å². The molecule has 0 spiro atoms. The van der Waals surface area contributed by atoms with Gasteiger partial charge in [-0.2, -0.15) is 0 Å². The number of methoxy groups -OCH3 is 2. The number of carboxylic acid groups (broad SMARTS) is 2. The summed E-state index contributed by atoms with van der Waals surface area (Å²) in [6.45, 7) is 3.57. The zero-order valence-electron chi connectivity index (χ0n) is 31.2. The Hall–Kier alpha value is -5.75. The minimum atomic E-state index is -2.33. The maximum absolute atomic E-state index is 13.0. The highest BCUT2D eigenvalue weighted by Gasteiger charge is 2.37. The van der Waals surface area contributed by atoms with E-state index in [9.17, 15) is 38.9 Å². The zero-order valence-corrected chi connectivity index (χ0v) is 31.2. The van der Waals surface area contributed by atoms with Crippen molar-refractivity contribution in [1.29, 1.82) is 0 Å². The molecule has 292 valence electrons. The van der Waals surface area contributed by atoms with Crippen LogP contribution < -0.4 is 14.6 Å². The van der Waals surface area contributed by atoms with Gasteiger partial charge in [0.15, 0.2) is 17.6 Å². The monoisotopic (exact) mass is 757 g/mol. The van der Waals surface area contributed by atoms with E-state index in [4.69, 9.17) is 18.9 Å². The van der Waals surface area contributed by atoms with E-state index in [0.717, 1.165) is 55.2 Å². The van der Waals surface area contributed by atoms with Crippen molar-refractivity contribution >= 4 is 23.9 Å². The Bertz CT molecular complexity index is 1810. The highest BCUT2D eigenvalue weighted by atomic mass is 19.1. The van der Waals surface area contributed by atoms with Gasteiger partial charge >= 0.3 is 17.9 Å². The number of aliphatic hydroxyl groups excluding tert-OH is 1. The molecule has 3 atom stereocenters. The van der Waals surface area contributed by atoms with Gasteiger partial charge in [-0.25, -0.2) is 18.8 Å². The van der Waals surface area contributed by atoms with Crippen molar-refractivity contribution in [3.8, 4) is 11.5 Å². The fourth-order valence-corrected chi connectivity index (χ4v) is 6.43. The molecule has 0 unspecified atom stereocenters. The number of carbonyl (C=O) groups excluding carboxylic acids is 3. The molecule has 1 fully saturated rings. The van der Waals surface area contributed by atoms with Crippen molar-refractivity contribution < 1.29 is 57.8 Å². The summed E-state index contributed by atoms with van der Waals surface area (Å²) in [4.78, 5) is 47.2. The van der Waals surface area contributed by atoms with Crippen LogP contribution in [0.25, 0.3) is 0 Å². The summed E-state index contributed by atoms with van der Waals surface area (Å²) in [5.41, 5.74) is 3.73. The van der Waals surface area contributed by atoms with E-state index < -0.39 is 42.2 Å². The molecular formula is C43H46FO11-. The Balaban J connectivity index is 0.000000245. The molecule has 1 saturated carbocycles. The number of halogens is 1. The van der Waals surface area contributed by atoms with Crippen LogP contribution in [0.3, 0.4) is 0 Å². The second-order valence-electron chi connectivity index (χ2n) is 13.5. The summed E-state index contributed by atoms with van der Waals surface area (Å²) in [6.07, 6.45) is 1.22. The molecule has 11 nitrogen and oxygen atoms in total. The molecular weight excluding hydrogens is 711 g/mol. The van der Waals surface area contributed by atoms with E-state index >= 15 is 0 Å². The van der Waals surface area contributed by atoms with Crippen LogP contribution in [-0.2, 0) is 25.5 Å². The first-order valence-corrected chi connectivity index (χ1v) is 17.9. The number of aliphatic carboxylic acids is 2. The van der Waals surface area contributed by atoms with Crippen LogP contribution in [0, 0.1) is 31.5 Å². The lowest BCUT2D eigenvalue weighted by Crippen LogP contribution is -2.51. The van der Waals surface area contributed by atoms with Gasteiger partial charge in [0.25, 0.3) is 0 Å². The first-order chi connectivity index (χ1) is 26.3. The Morgan fingerprint density at radius 1 is 0.745 bits per heavy atom. The van der Waals surface area contributed by atoms with Gasteiger partial charge in [-0.15, -0.1) is 0 Å². The predicted octanol–water partition coefficient (Wildman–Crippen LogP) is 6.20. The lowest BCUT2D eigenvalue weighted by Gasteiger charge is -2.32. The molecule has 55 heavy (non-hydrogen) atoms. The van der Waals surface area contributed by atoms with E-state index in [2.05, 4.69) is 0 Å². The Labute approximate surface area is 319 Å². The van der Waals surface area contributed by atoms with Crippen LogP contribution in [-0.4, -0.2) is 60.5 Å². The largest absolute Gasteiger partial charge is 0.546 e. The molecule has 1 aliphatic rings. The average molecular weight is 758 g/mol. The van der Waals surface area contributed by atoms with Crippen LogP contribution in [0.5, 0.6) is 11.5 Å². The van der Waals surface area contributed by atoms with Crippen molar-refractivity contribution in [1.82, 2.24) is 0 Å². The SMILES string of the molecule is COc1cccc([C@H](O)C2CCC(CCc3ccc(F)cc3)CC2)c1OC.Cc1ccc(C(=O)O[C@H](C(=O)[O-])[C@H](OC(=O)c2ccc(C)cc2)C(=O)O)cc1. The number of ether oxygens (including phenoxy) is 4. The summed E-state index contributed by atoms with van der Waals surface area (Å²) in [5, 5.41) is 31.6. The molecule has 0 radical (unpaired) electrons. The molecule has 0 amide bonds. The van der Waals surface area contributed by atoms with E-state index in [0.29, 0.717) is 17.4 Å². The lowest BCUT2D eigenvalue weighted by molar-refractivity contribution is -0.317. The molecule has 4 aromatic rings. The molecule has 2 N–H and O–H groups in total. The van der Waals surface area contributed by atoms with Gasteiger partial charge in [0, 0.05) is 5.56 Å². The number of aliphatic hydroxyl groups is 1. The summed E-state index contributed by atoms with van der Waals surface area (Å²) in [7, 11) is 3.22. The normalized spacial score (nSPS) is 16.6. The highest BCUT2D eigenvalue weighted by Crippen LogP contribution is 2.43. The Morgan fingerprint density at radius 2 is 1.27 bits per heavy atom. The minimum absolute atomic E-state index is 0.00542. The van der Waals surface area contributed by atoms with Gasteiger partial charge in [0.2, 0.25) is 6.10 Å². The number of carboxylic acids is 2. The highest BCUT2D eigenvalue weighted by molar-refractivity contribution is 5.95. The number of hydrogen-bond donors (Lipinski definition) is 2. The quantitative estimate of drug-likeness (QED) is 0.140. The maximum Gasteiger partial charge on any atom is 0.349 e. The molecule has 5 rings (SSSR count). The van der Waals surface area contributed by atoms with Gasteiger partial charge in [-0.3, -0.25) is 0 Å². The van der Waals surface area contributed by atoms with Crippen LogP contribution in [0.1, 0.15) is 81.2 Å². The van der Waals surface area contributed by atoms with Crippen LogP contribution in [0.15, 0.2) is 91.0 Å². The molecule has 1 aliphatic carbocycles. The average Bonchev–Trinajstić information content (AvgIpc) is 3.19. The van der Waals surface area contributed by atoms with E-state index in [1.54, 1.807) is 52.3 Å². The van der Waals surface area contributed by atoms with Gasteiger partial charge in [-0.05, 0) is 99.4 Å². The fourth-order valence-electron chi connectivity index (χ4n) is 6.43. The Morgan fingerprint density at radius 3 is 1.75 bits per heavy atom. The number of carbonyl (C=O) groups is 4. The Kier molecular flexibility index (Phi) is 15.3. The second-order valence-corrected chi connectivity index (χ2v) is 13.5. The topological polar surface area (TPSA) is 169 Å². The third kappa shape index (κ3) is 11.9. The van der Waals surface area contributed by atoms with Crippen molar-refractivity contribution in [2.24, 2.45) is 11.8 Å². The number of hydrogen-bond acceptors (Lipinski definition) is 10. The second kappa shape index (κ2) is 20.1. The summed E-state index contributed by atoms with van der Waals surface area (Å²) in [5.74, 6) is -3.96. The van der Waals surface area contributed by atoms with Gasteiger partial charge in [0.1, 0.15) is 5.82 Å². The molecule has 0 saturated heterocycles. The standard InChI is InChI=1S/C23H29FO3.C20H18O8/c1-26-21-5-3-4-20(23(21)27-2)22(25)18-12-8-16(9-13-18)6-7-17-10-14-19(24)15-11-17;1-11-3-7-13(8-4-11)19(25)27-15(17(21)22)16(18(23)24)28-20(26)14-9-5-12(2)6-10-14/h3-5,10-11,14-16,18,22,25H,6-9,12-13H2,1-2H3;3-10,15-16H,1-2H3,(H,21,22)(H,23,24)/p-1/t16?,18?,22-;15-,16-/m10/s1. The smallest absolute Gasteiger partial charge is 0.349 e. The molecule has 0 heterocycles. The minimum Gasteiger partial charge on any atom is -0.546 e. The van der Waals surface area contributed by atoms with Crippen LogP contribution in [0.2, 0.25) is 0 Å². The van der Waals surface area contributed by atoms with Crippen molar-refractivity contribution in [2.75, 3.05) is 14.2 Å². The maximum atomic E-state index is 13.0. The van der Waals surface area contributed by atoms with Crippen LogP contribution in [0.4, 0.5) is 4.39 Å². The number of benzene rings is 4. The first kappa shape index (κ1) is 42.0. The van der Waals surface area contributed by atoms with Crippen LogP contribution >= 0.6 is 0 Å². The van der Waals surface area contributed by atoms with Gasteiger partial charge < -0.3 is 39.1 Å². The van der Waals surface area contributed by atoms with E-state index in [1.165, 1.54) is 42.0 Å². The number of esters is 2. The zero-order chi connectivity index (χ0) is 40.1. The van der Waals surface area contributed by atoms with Crippen molar-refractivity contribution in [3.05, 3.63) is 130 Å². The third-order valence-electron chi connectivity index (χ3n) is 9.64. The number of rotatable bonds is 14. The molecule has 0 aliphatic heterocycles. The fraction of sp³-hybridized carbons (Fsp3) is 0.349. The summed E-state index contributed by atoms with van der Waals surface area (Å²) < 4.78 is 33.4.